The molecule has 1 aliphatic rings. The van der Waals surface area contributed by atoms with Gasteiger partial charge in [0.05, 0.1) is 0 Å². The van der Waals surface area contributed by atoms with Crippen LogP contribution in [0.25, 0.3) is 0 Å². The number of aliphatic hydroxyl groups is 2. The molecule has 3 heteroatoms. The van der Waals surface area contributed by atoms with E-state index in [1.807, 2.05) is 0 Å². The van der Waals surface area contributed by atoms with Crippen LogP contribution in [0.1, 0.15) is 38.5 Å². The standard InChI is InChI=1S/C10H18O3/c11-7-3-1-2-4-8-5-6-9(12)10(8)13/h8,10-11,13H,1-7H2. The van der Waals surface area contributed by atoms with Crippen molar-refractivity contribution in [3.8, 4) is 0 Å². The van der Waals surface area contributed by atoms with Gasteiger partial charge in [0.15, 0.2) is 5.78 Å². The molecule has 0 heterocycles. The van der Waals surface area contributed by atoms with E-state index < -0.39 is 6.10 Å². The van der Waals surface area contributed by atoms with Crippen LogP contribution >= 0.6 is 0 Å². The van der Waals surface area contributed by atoms with E-state index in [0.29, 0.717) is 6.42 Å². The quantitative estimate of drug-likeness (QED) is 0.627. The predicted octanol–water partition coefficient (Wildman–Crippen LogP) is 0.879. The monoisotopic (exact) mass is 186 g/mol. The van der Waals surface area contributed by atoms with E-state index in [1.54, 1.807) is 0 Å². The lowest BCUT2D eigenvalue weighted by Crippen LogP contribution is -2.20. The molecule has 0 radical (unpaired) electrons. The number of Topliss-reactive ketones (excluding diaryl/α,β-unsaturated/α-hetero) is 1. The third-order valence-corrected chi connectivity index (χ3v) is 2.77. The molecule has 2 unspecified atom stereocenters. The Bertz CT molecular complexity index is 168. The van der Waals surface area contributed by atoms with Crippen molar-refractivity contribution in [2.24, 2.45) is 5.92 Å². The molecule has 2 N–H and O–H groups in total. The van der Waals surface area contributed by atoms with Crippen LogP contribution in [0.2, 0.25) is 0 Å². The van der Waals surface area contributed by atoms with E-state index in [2.05, 4.69) is 0 Å². The number of unbranched alkanes of at least 4 members (excludes halogenated alkanes) is 2. The fourth-order valence-electron chi connectivity index (χ4n) is 1.89. The van der Waals surface area contributed by atoms with Crippen LogP contribution in [-0.2, 0) is 4.79 Å². The first-order valence-corrected chi connectivity index (χ1v) is 5.07. The Morgan fingerprint density at radius 1 is 1.31 bits per heavy atom. The largest absolute Gasteiger partial charge is 0.396 e. The zero-order chi connectivity index (χ0) is 9.68. The number of carbonyl (C=O) groups excluding carboxylic acids is 1. The van der Waals surface area contributed by atoms with Crippen LogP contribution in [0, 0.1) is 5.92 Å². The molecule has 0 spiro atoms. The summed E-state index contributed by atoms with van der Waals surface area (Å²) in [5, 5.41) is 18.0. The zero-order valence-electron chi connectivity index (χ0n) is 7.91. The molecule has 2 atom stereocenters. The van der Waals surface area contributed by atoms with Gasteiger partial charge in [-0.25, -0.2) is 0 Å². The average Bonchev–Trinajstić information content (AvgIpc) is 2.43. The highest BCUT2D eigenvalue weighted by Crippen LogP contribution is 2.27. The van der Waals surface area contributed by atoms with E-state index in [4.69, 9.17) is 5.11 Å². The molecule has 0 saturated heterocycles. The lowest BCUT2D eigenvalue weighted by Gasteiger charge is -2.11. The third kappa shape index (κ3) is 3.08. The molecule has 0 aromatic carbocycles. The molecular weight excluding hydrogens is 168 g/mol. The first kappa shape index (κ1) is 10.7. The van der Waals surface area contributed by atoms with Gasteiger partial charge in [0.25, 0.3) is 0 Å². The van der Waals surface area contributed by atoms with E-state index in [0.717, 1.165) is 32.1 Å². The Kier molecular flexibility index (Phi) is 4.39. The van der Waals surface area contributed by atoms with E-state index in [1.165, 1.54) is 0 Å². The van der Waals surface area contributed by atoms with Gasteiger partial charge in [-0.15, -0.1) is 0 Å². The van der Waals surface area contributed by atoms with Crippen LogP contribution in [0.3, 0.4) is 0 Å². The molecule has 0 bridgehead atoms. The summed E-state index contributed by atoms with van der Waals surface area (Å²) in [6.07, 6.45) is 4.45. The summed E-state index contributed by atoms with van der Waals surface area (Å²) < 4.78 is 0. The number of hydrogen-bond donors (Lipinski definition) is 2. The van der Waals surface area contributed by atoms with Crippen LogP contribution in [0.4, 0.5) is 0 Å². The summed E-state index contributed by atoms with van der Waals surface area (Å²) in [5.74, 6) is 0.193. The second-order valence-electron chi connectivity index (χ2n) is 3.78. The number of aliphatic hydroxyl groups excluding tert-OH is 2. The highest BCUT2D eigenvalue weighted by molar-refractivity contribution is 5.85. The fraction of sp³-hybridized carbons (Fsp3) is 0.900. The highest BCUT2D eigenvalue weighted by Gasteiger charge is 2.31. The second kappa shape index (κ2) is 5.35. The molecule has 3 nitrogen and oxygen atoms in total. The summed E-state index contributed by atoms with van der Waals surface area (Å²) in [5.41, 5.74) is 0. The van der Waals surface area contributed by atoms with Crippen LogP contribution in [0.15, 0.2) is 0 Å². The van der Waals surface area contributed by atoms with Crippen LogP contribution < -0.4 is 0 Å². The number of carbonyl (C=O) groups is 1. The SMILES string of the molecule is O=C1CCC(CCCCCO)C1O. The van der Waals surface area contributed by atoms with Gasteiger partial charge in [-0.05, 0) is 25.2 Å². The Morgan fingerprint density at radius 3 is 2.62 bits per heavy atom. The highest BCUT2D eigenvalue weighted by atomic mass is 16.3. The Morgan fingerprint density at radius 2 is 2.08 bits per heavy atom. The maximum Gasteiger partial charge on any atom is 0.161 e. The summed E-state index contributed by atoms with van der Waals surface area (Å²) >= 11 is 0. The second-order valence-corrected chi connectivity index (χ2v) is 3.78. The molecule has 1 aliphatic carbocycles. The zero-order valence-corrected chi connectivity index (χ0v) is 7.91. The lowest BCUT2D eigenvalue weighted by atomic mass is 9.98. The van der Waals surface area contributed by atoms with Crippen LogP contribution in [0.5, 0.6) is 0 Å². The lowest BCUT2D eigenvalue weighted by molar-refractivity contribution is -0.125. The minimum Gasteiger partial charge on any atom is -0.396 e. The van der Waals surface area contributed by atoms with Crippen molar-refractivity contribution in [3.63, 3.8) is 0 Å². The van der Waals surface area contributed by atoms with Crippen molar-refractivity contribution in [3.05, 3.63) is 0 Å². The average molecular weight is 186 g/mol. The molecule has 0 aromatic rings. The van der Waals surface area contributed by atoms with Gasteiger partial charge in [0.2, 0.25) is 0 Å². The Labute approximate surface area is 78.8 Å². The molecular formula is C10H18O3. The molecule has 0 amide bonds. The number of hydrogen-bond acceptors (Lipinski definition) is 3. The molecule has 13 heavy (non-hydrogen) atoms. The first-order valence-electron chi connectivity index (χ1n) is 5.07. The maximum absolute atomic E-state index is 11.0. The topological polar surface area (TPSA) is 57.5 Å². The van der Waals surface area contributed by atoms with Crippen LogP contribution in [-0.4, -0.2) is 28.7 Å². The van der Waals surface area contributed by atoms with Gasteiger partial charge < -0.3 is 10.2 Å². The predicted molar refractivity (Wildman–Crippen MR) is 49.3 cm³/mol. The van der Waals surface area contributed by atoms with Crippen molar-refractivity contribution < 1.29 is 15.0 Å². The summed E-state index contributed by atoms with van der Waals surface area (Å²) in [4.78, 5) is 11.0. The van der Waals surface area contributed by atoms with E-state index in [-0.39, 0.29) is 18.3 Å². The normalized spacial score (nSPS) is 28.3. The van der Waals surface area contributed by atoms with Crippen molar-refractivity contribution in [1.82, 2.24) is 0 Å². The van der Waals surface area contributed by atoms with Gasteiger partial charge >= 0.3 is 0 Å². The smallest absolute Gasteiger partial charge is 0.161 e. The molecule has 1 rings (SSSR count). The molecule has 0 aromatic heterocycles. The summed E-state index contributed by atoms with van der Waals surface area (Å²) in [6.45, 7) is 0.242. The van der Waals surface area contributed by atoms with Gasteiger partial charge in [-0.2, -0.15) is 0 Å². The summed E-state index contributed by atoms with van der Waals surface area (Å²) in [6, 6.07) is 0. The van der Waals surface area contributed by atoms with Crippen molar-refractivity contribution >= 4 is 5.78 Å². The van der Waals surface area contributed by atoms with E-state index in [9.17, 15) is 9.90 Å². The van der Waals surface area contributed by atoms with E-state index >= 15 is 0 Å². The minimum absolute atomic E-state index is 0.00663. The number of ketones is 1. The molecule has 76 valence electrons. The molecule has 0 aliphatic heterocycles. The maximum atomic E-state index is 11.0. The summed E-state index contributed by atoms with van der Waals surface area (Å²) in [7, 11) is 0. The van der Waals surface area contributed by atoms with Crippen molar-refractivity contribution in [2.75, 3.05) is 6.61 Å². The third-order valence-electron chi connectivity index (χ3n) is 2.77. The first-order chi connectivity index (χ1) is 6.25. The minimum atomic E-state index is -0.700. The molecule has 1 fully saturated rings. The van der Waals surface area contributed by atoms with Gasteiger partial charge in [-0.1, -0.05) is 12.8 Å². The fourth-order valence-corrected chi connectivity index (χ4v) is 1.89. The van der Waals surface area contributed by atoms with Gasteiger partial charge in [-0.3, -0.25) is 4.79 Å². The van der Waals surface area contributed by atoms with Crippen molar-refractivity contribution in [1.29, 1.82) is 0 Å². The van der Waals surface area contributed by atoms with Crippen molar-refractivity contribution in [2.45, 2.75) is 44.6 Å². The number of rotatable bonds is 5. The van der Waals surface area contributed by atoms with Gasteiger partial charge in [0, 0.05) is 13.0 Å². The molecule has 1 saturated carbocycles. The Hall–Kier alpha value is -0.410. The Balaban J connectivity index is 2.11. The van der Waals surface area contributed by atoms with Gasteiger partial charge in [0.1, 0.15) is 6.10 Å².